The molecular weight excluding hydrogens is 410 g/mol. The molecule has 0 bridgehead atoms. The average Bonchev–Trinajstić information content (AvgIpc) is 3.13. The van der Waals surface area contributed by atoms with E-state index < -0.39 is 0 Å². The number of tetrazole rings is 1. The Balaban J connectivity index is 1.81. The van der Waals surface area contributed by atoms with Crippen LogP contribution < -0.4 is 15.2 Å². The van der Waals surface area contributed by atoms with Gasteiger partial charge < -0.3 is 14.3 Å². The van der Waals surface area contributed by atoms with Crippen LogP contribution in [0.5, 0.6) is 11.5 Å². The van der Waals surface area contributed by atoms with Gasteiger partial charge in [-0.2, -0.15) is 9.36 Å². The Morgan fingerprint density at radius 3 is 2.62 bits per heavy atom. The molecule has 0 saturated carbocycles. The monoisotopic (exact) mass is 439 g/mol. The van der Waals surface area contributed by atoms with Crippen molar-refractivity contribution in [2.24, 2.45) is 12.2 Å². The highest BCUT2D eigenvalue weighted by Gasteiger charge is 2.16. The fourth-order valence-corrected chi connectivity index (χ4v) is 3.14. The van der Waals surface area contributed by atoms with Gasteiger partial charge in [-0.15, -0.1) is 0 Å². The van der Waals surface area contributed by atoms with Crippen molar-refractivity contribution in [3.63, 3.8) is 0 Å². The molecule has 32 heavy (non-hydrogen) atoms. The van der Waals surface area contributed by atoms with E-state index in [-0.39, 0.29) is 12.3 Å². The summed E-state index contributed by atoms with van der Waals surface area (Å²) in [5.74, 6) is 1.32. The van der Waals surface area contributed by atoms with Gasteiger partial charge in [0.15, 0.2) is 0 Å². The lowest BCUT2D eigenvalue weighted by Crippen LogP contribution is -2.23. The number of methoxy groups -OCH3 is 1. The van der Waals surface area contributed by atoms with Crippen molar-refractivity contribution in [3.8, 4) is 17.2 Å². The number of oxime groups is 1. The van der Waals surface area contributed by atoms with E-state index in [1.807, 2.05) is 38.1 Å². The molecule has 0 N–H and O–H groups in total. The van der Waals surface area contributed by atoms with Gasteiger partial charge in [0.25, 0.3) is 0 Å². The van der Waals surface area contributed by atoms with Crippen molar-refractivity contribution in [3.05, 3.63) is 63.6 Å². The van der Waals surface area contributed by atoms with E-state index in [1.54, 1.807) is 26.3 Å². The van der Waals surface area contributed by atoms with Crippen LogP contribution in [-0.4, -0.2) is 39.2 Å². The fraction of sp³-hybridized carbons (Fsp3) is 0.391. The lowest BCUT2D eigenvalue weighted by atomic mass is 10.1. The van der Waals surface area contributed by atoms with Gasteiger partial charge >= 0.3 is 5.69 Å². The third-order valence-electron chi connectivity index (χ3n) is 5.03. The first-order valence-electron chi connectivity index (χ1n) is 10.5. The molecule has 9 nitrogen and oxygen atoms in total. The summed E-state index contributed by atoms with van der Waals surface area (Å²) in [5, 5.41) is 11.9. The van der Waals surface area contributed by atoms with Gasteiger partial charge in [0.05, 0.1) is 24.1 Å². The number of unbranched alkanes of at least 4 members (excludes halogenated alkanes) is 1. The number of ether oxygens (including phenoxy) is 2. The lowest BCUT2D eigenvalue weighted by Gasteiger charge is -2.15. The molecule has 0 atom stereocenters. The maximum atomic E-state index is 12.4. The van der Waals surface area contributed by atoms with E-state index in [0.29, 0.717) is 23.6 Å². The normalized spacial score (nSPS) is 11.5. The summed E-state index contributed by atoms with van der Waals surface area (Å²) in [6.07, 6.45) is 2.05. The Kier molecular flexibility index (Phi) is 7.64. The third kappa shape index (κ3) is 5.16. The van der Waals surface area contributed by atoms with Crippen molar-refractivity contribution < 1.29 is 14.3 Å². The van der Waals surface area contributed by atoms with Crippen molar-refractivity contribution in [1.82, 2.24) is 19.8 Å². The molecule has 1 aromatic heterocycles. The number of hydrogen-bond acceptors (Lipinski definition) is 7. The number of hydrogen-bond donors (Lipinski definition) is 0. The number of rotatable bonds is 10. The van der Waals surface area contributed by atoms with Gasteiger partial charge in [0, 0.05) is 7.05 Å². The smallest absolute Gasteiger partial charge is 0.368 e. The summed E-state index contributed by atoms with van der Waals surface area (Å²) >= 11 is 0. The number of aryl methyl sites for hydroxylation is 2. The molecule has 0 saturated heterocycles. The average molecular weight is 440 g/mol. The minimum absolute atomic E-state index is 0.190. The summed E-state index contributed by atoms with van der Waals surface area (Å²) in [5.41, 5.74) is 3.64. The molecule has 0 spiro atoms. The predicted octanol–water partition coefficient (Wildman–Crippen LogP) is 3.40. The zero-order chi connectivity index (χ0) is 23.1. The second kappa shape index (κ2) is 10.6. The molecule has 3 rings (SSSR count). The predicted molar refractivity (Wildman–Crippen MR) is 122 cm³/mol. The van der Waals surface area contributed by atoms with Gasteiger partial charge in [0.1, 0.15) is 24.7 Å². The van der Waals surface area contributed by atoms with Crippen molar-refractivity contribution in [2.75, 3.05) is 13.7 Å². The molecule has 0 unspecified atom stereocenters. The molecule has 1 heterocycles. The van der Waals surface area contributed by atoms with Crippen LogP contribution in [0.15, 0.2) is 46.3 Å². The van der Waals surface area contributed by atoms with Crippen LogP contribution in [0.3, 0.4) is 0 Å². The highest BCUT2D eigenvalue weighted by molar-refractivity contribution is 5.98. The van der Waals surface area contributed by atoms with Crippen LogP contribution in [-0.2, 0) is 18.5 Å². The summed E-state index contributed by atoms with van der Waals surface area (Å²) in [7, 11) is 3.13. The molecule has 0 aliphatic rings. The third-order valence-corrected chi connectivity index (χ3v) is 5.03. The van der Waals surface area contributed by atoms with Crippen molar-refractivity contribution >= 4 is 5.71 Å². The van der Waals surface area contributed by atoms with Crippen LogP contribution in [0, 0.1) is 6.92 Å². The van der Waals surface area contributed by atoms with Crippen LogP contribution in [0.4, 0.5) is 0 Å². The highest BCUT2D eigenvalue weighted by atomic mass is 16.6. The summed E-state index contributed by atoms with van der Waals surface area (Å²) < 4.78 is 14.0. The Hall–Kier alpha value is -3.62. The SMILES string of the molecule is CCCCO/N=C(/C)c1ccc(OCc2c(OC)cccc2-n2nnn(C)c2=O)c(C)c1. The van der Waals surface area contributed by atoms with Gasteiger partial charge in [-0.05, 0) is 72.2 Å². The Morgan fingerprint density at radius 1 is 1.16 bits per heavy atom. The molecule has 0 aliphatic heterocycles. The maximum Gasteiger partial charge on any atom is 0.368 e. The van der Waals surface area contributed by atoms with Crippen LogP contribution >= 0.6 is 0 Å². The van der Waals surface area contributed by atoms with E-state index in [0.717, 1.165) is 35.4 Å². The van der Waals surface area contributed by atoms with Crippen LogP contribution in [0.25, 0.3) is 5.69 Å². The lowest BCUT2D eigenvalue weighted by molar-refractivity contribution is 0.141. The molecule has 170 valence electrons. The van der Waals surface area contributed by atoms with E-state index >= 15 is 0 Å². The standard InChI is InChI=1S/C23H29N5O4/c1-6-7-13-32-24-17(3)18-11-12-21(16(2)14-18)31-15-19-20(9-8-10-22(19)30-5)28-23(29)27(4)25-26-28/h8-12,14H,6-7,13,15H2,1-5H3/b24-17-. The second-order valence-electron chi connectivity index (χ2n) is 7.39. The minimum atomic E-state index is -0.351. The molecule has 2 aromatic carbocycles. The Bertz CT molecular complexity index is 1150. The first kappa shape index (κ1) is 23.1. The summed E-state index contributed by atoms with van der Waals surface area (Å²) in [4.78, 5) is 17.7. The number of aromatic nitrogens is 4. The fourth-order valence-electron chi connectivity index (χ4n) is 3.14. The maximum absolute atomic E-state index is 12.4. The minimum Gasteiger partial charge on any atom is -0.496 e. The van der Waals surface area contributed by atoms with E-state index in [1.165, 1.54) is 9.36 Å². The quantitative estimate of drug-likeness (QED) is 0.273. The molecule has 0 amide bonds. The largest absolute Gasteiger partial charge is 0.496 e. The Labute approximate surface area is 187 Å². The molecular formula is C23H29N5O4. The highest BCUT2D eigenvalue weighted by Crippen LogP contribution is 2.27. The van der Waals surface area contributed by atoms with Crippen LogP contribution in [0.2, 0.25) is 0 Å². The Morgan fingerprint density at radius 2 is 1.97 bits per heavy atom. The first-order valence-corrected chi connectivity index (χ1v) is 10.5. The number of nitrogens with zero attached hydrogens (tertiary/aromatic N) is 5. The zero-order valence-corrected chi connectivity index (χ0v) is 19.2. The molecule has 0 fully saturated rings. The van der Waals surface area contributed by atoms with Gasteiger partial charge in [-0.3, -0.25) is 0 Å². The van der Waals surface area contributed by atoms with Gasteiger partial charge in [-0.25, -0.2) is 4.79 Å². The van der Waals surface area contributed by atoms with Crippen LogP contribution in [0.1, 0.15) is 43.4 Å². The van der Waals surface area contributed by atoms with Gasteiger partial charge in [0.2, 0.25) is 0 Å². The molecule has 3 aromatic rings. The van der Waals surface area contributed by atoms with E-state index in [2.05, 4.69) is 22.5 Å². The van der Waals surface area contributed by atoms with E-state index in [9.17, 15) is 4.79 Å². The van der Waals surface area contributed by atoms with E-state index in [4.69, 9.17) is 14.3 Å². The van der Waals surface area contributed by atoms with Crippen molar-refractivity contribution in [1.29, 1.82) is 0 Å². The van der Waals surface area contributed by atoms with Gasteiger partial charge in [-0.1, -0.05) is 24.6 Å². The topological polar surface area (TPSA) is 92.8 Å². The summed E-state index contributed by atoms with van der Waals surface area (Å²) in [6.45, 7) is 6.81. The number of benzene rings is 2. The molecule has 0 aliphatic carbocycles. The second-order valence-corrected chi connectivity index (χ2v) is 7.39. The summed E-state index contributed by atoms with van der Waals surface area (Å²) in [6, 6.07) is 11.3. The molecule has 9 heteroatoms. The zero-order valence-electron chi connectivity index (χ0n) is 19.2. The first-order chi connectivity index (χ1) is 15.5. The van der Waals surface area contributed by atoms with Crippen molar-refractivity contribution in [2.45, 2.75) is 40.2 Å². The molecule has 0 radical (unpaired) electrons.